The van der Waals surface area contributed by atoms with Gasteiger partial charge in [0.05, 0.1) is 11.5 Å². The van der Waals surface area contributed by atoms with E-state index in [1.54, 1.807) is 0 Å². The smallest absolute Gasteiger partial charge is 0.273 e. The van der Waals surface area contributed by atoms with Crippen molar-refractivity contribution >= 4 is 11.8 Å². The largest absolute Gasteiger partial charge is 0.355 e. The van der Waals surface area contributed by atoms with Crippen LogP contribution in [-0.2, 0) is 4.79 Å². The molecule has 7 nitrogen and oxygen atoms in total. The van der Waals surface area contributed by atoms with Gasteiger partial charge in [0, 0.05) is 43.9 Å². The van der Waals surface area contributed by atoms with Crippen LogP contribution in [0.3, 0.4) is 0 Å². The average molecular weight is 489 g/mol. The summed E-state index contributed by atoms with van der Waals surface area (Å²) in [5.74, 6) is -2.07. The number of benzene rings is 1. The summed E-state index contributed by atoms with van der Waals surface area (Å²) in [7, 11) is 0. The van der Waals surface area contributed by atoms with E-state index in [-0.39, 0.29) is 34.9 Å². The van der Waals surface area contributed by atoms with E-state index in [4.69, 9.17) is 4.52 Å². The molecule has 2 heterocycles. The summed E-state index contributed by atoms with van der Waals surface area (Å²) < 4.78 is 32.5. The van der Waals surface area contributed by atoms with Crippen molar-refractivity contribution < 1.29 is 22.9 Å². The van der Waals surface area contributed by atoms with E-state index < -0.39 is 17.5 Å². The highest BCUT2D eigenvalue weighted by Gasteiger charge is 2.38. The van der Waals surface area contributed by atoms with Crippen molar-refractivity contribution in [3.8, 4) is 11.3 Å². The number of aromatic nitrogens is 1. The van der Waals surface area contributed by atoms with Crippen molar-refractivity contribution in [2.45, 2.75) is 64.5 Å². The van der Waals surface area contributed by atoms with E-state index >= 15 is 0 Å². The van der Waals surface area contributed by atoms with Gasteiger partial charge in [-0.2, -0.15) is 0 Å². The SMILES string of the molecule is CC(C)CNC(=O)[C@@H]1CN(C2CCCCC2)CC[C@H]1NC(=O)c1cc(-c2ccc(F)cc2F)on1. The van der Waals surface area contributed by atoms with Gasteiger partial charge in [0.15, 0.2) is 11.5 Å². The Bertz CT molecular complexity index is 1040. The van der Waals surface area contributed by atoms with Crippen LogP contribution in [0.4, 0.5) is 8.78 Å². The Balaban J connectivity index is 1.46. The van der Waals surface area contributed by atoms with Crippen LogP contribution in [0.15, 0.2) is 28.8 Å². The van der Waals surface area contributed by atoms with Crippen molar-refractivity contribution in [2.75, 3.05) is 19.6 Å². The molecule has 2 atom stereocenters. The van der Waals surface area contributed by atoms with Crippen LogP contribution in [0, 0.1) is 23.5 Å². The molecule has 190 valence electrons. The van der Waals surface area contributed by atoms with Crippen molar-refractivity contribution in [3.63, 3.8) is 0 Å². The standard InChI is InChI=1S/C26H34F2N4O3/c1-16(2)14-29-25(33)20-15-32(18-6-4-3-5-7-18)11-10-22(20)30-26(34)23-13-24(35-31-23)19-9-8-17(27)12-21(19)28/h8-9,12-13,16,18,20,22H,3-7,10-11,14-15H2,1-2H3,(H,29,33)(H,30,34)/t20-,22-/m1/s1. The molecule has 1 saturated carbocycles. The lowest BCUT2D eigenvalue weighted by Crippen LogP contribution is -2.58. The maximum absolute atomic E-state index is 14.1. The summed E-state index contributed by atoms with van der Waals surface area (Å²) in [6.07, 6.45) is 6.66. The van der Waals surface area contributed by atoms with Crippen molar-refractivity contribution in [1.82, 2.24) is 20.7 Å². The molecule has 2 N–H and O–H groups in total. The Labute approximate surface area is 204 Å². The highest BCUT2D eigenvalue weighted by molar-refractivity contribution is 5.94. The summed E-state index contributed by atoms with van der Waals surface area (Å²) in [5, 5.41) is 9.78. The molecule has 1 aromatic carbocycles. The zero-order valence-corrected chi connectivity index (χ0v) is 20.4. The fourth-order valence-corrected chi connectivity index (χ4v) is 5.07. The summed E-state index contributed by atoms with van der Waals surface area (Å²) in [5.41, 5.74) is 0.00412. The molecule has 0 spiro atoms. The van der Waals surface area contributed by atoms with Gasteiger partial charge in [-0.15, -0.1) is 0 Å². The molecule has 2 aliphatic rings. The van der Waals surface area contributed by atoms with Gasteiger partial charge in [-0.3, -0.25) is 14.5 Å². The van der Waals surface area contributed by atoms with Crippen LogP contribution in [0.25, 0.3) is 11.3 Å². The second kappa shape index (κ2) is 11.3. The third kappa shape index (κ3) is 6.25. The molecule has 1 saturated heterocycles. The van der Waals surface area contributed by atoms with Gasteiger partial charge in [0.2, 0.25) is 5.91 Å². The summed E-state index contributed by atoms with van der Waals surface area (Å²) >= 11 is 0. The minimum atomic E-state index is -0.801. The van der Waals surface area contributed by atoms with E-state index in [9.17, 15) is 18.4 Å². The quantitative estimate of drug-likeness (QED) is 0.612. The highest BCUT2D eigenvalue weighted by atomic mass is 19.1. The topological polar surface area (TPSA) is 87.5 Å². The third-order valence-electron chi connectivity index (χ3n) is 7.01. The number of nitrogens with zero attached hydrogens (tertiary/aromatic N) is 2. The predicted octanol–water partition coefficient (Wildman–Crippen LogP) is 4.15. The predicted molar refractivity (Wildman–Crippen MR) is 128 cm³/mol. The van der Waals surface area contributed by atoms with Gasteiger partial charge in [0.25, 0.3) is 5.91 Å². The molecule has 4 rings (SSSR count). The molecule has 2 amide bonds. The van der Waals surface area contributed by atoms with Crippen molar-refractivity contribution in [1.29, 1.82) is 0 Å². The van der Waals surface area contributed by atoms with Crippen LogP contribution in [0.2, 0.25) is 0 Å². The second-order valence-corrected chi connectivity index (χ2v) is 10.1. The number of piperidine rings is 1. The zero-order valence-electron chi connectivity index (χ0n) is 20.4. The minimum absolute atomic E-state index is 0.0141. The molecular formula is C26H34F2N4O3. The normalized spacial score (nSPS) is 21.7. The van der Waals surface area contributed by atoms with Crippen LogP contribution >= 0.6 is 0 Å². The van der Waals surface area contributed by atoms with Crippen LogP contribution in [0.1, 0.15) is 62.9 Å². The highest BCUT2D eigenvalue weighted by Crippen LogP contribution is 2.28. The van der Waals surface area contributed by atoms with E-state index in [0.29, 0.717) is 31.5 Å². The molecule has 9 heteroatoms. The average Bonchev–Trinajstić information content (AvgIpc) is 3.33. The van der Waals surface area contributed by atoms with Gasteiger partial charge < -0.3 is 15.2 Å². The number of halogens is 2. The van der Waals surface area contributed by atoms with Crippen molar-refractivity contribution in [2.24, 2.45) is 11.8 Å². The number of rotatable bonds is 7. The number of nitrogens with one attached hydrogen (secondary N) is 2. The Morgan fingerprint density at radius 1 is 1.14 bits per heavy atom. The van der Waals surface area contributed by atoms with E-state index in [1.807, 2.05) is 13.8 Å². The molecular weight excluding hydrogens is 454 g/mol. The first-order valence-electron chi connectivity index (χ1n) is 12.6. The lowest BCUT2D eigenvalue weighted by atomic mass is 9.87. The summed E-state index contributed by atoms with van der Waals surface area (Å²) in [6, 6.07) is 4.57. The second-order valence-electron chi connectivity index (χ2n) is 10.1. The monoisotopic (exact) mass is 488 g/mol. The van der Waals surface area contributed by atoms with E-state index in [1.165, 1.54) is 31.4 Å². The maximum atomic E-state index is 14.1. The van der Waals surface area contributed by atoms with Gasteiger partial charge in [0.1, 0.15) is 11.6 Å². The maximum Gasteiger partial charge on any atom is 0.273 e. The first kappa shape index (κ1) is 25.3. The van der Waals surface area contributed by atoms with E-state index in [2.05, 4.69) is 20.7 Å². The van der Waals surface area contributed by atoms with Gasteiger partial charge >= 0.3 is 0 Å². The lowest BCUT2D eigenvalue weighted by Gasteiger charge is -2.43. The molecule has 35 heavy (non-hydrogen) atoms. The number of likely N-dealkylation sites (tertiary alicyclic amines) is 1. The number of carbonyl (C=O) groups excluding carboxylic acids is 2. The molecule has 0 bridgehead atoms. The minimum Gasteiger partial charge on any atom is -0.355 e. The van der Waals surface area contributed by atoms with Gasteiger partial charge in [-0.1, -0.05) is 38.3 Å². The summed E-state index contributed by atoms with van der Waals surface area (Å²) in [6.45, 7) is 6.08. The Morgan fingerprint density at radius 3 is 2.63 bits per heavy atom. The fraction of sp³-hybridized carbons (Fsp3) is 0.577. The van der Waals surface area contributed by atoms with Crippen molar-refractivity contribution in [3.05, 3.63) is 41.6 Å². The first-order chi connectivity index (χ1) is 16.8. The molecule has 2 fully saturated rings. The fourth-order valence-electron chi connectivity index (χ4n) is 5.07. The van der Waals surface area contributed by atoms with Crippen LogP contribution < -0.4 is 10.6 Å². The first-order valence-corrected chi connectivity index (χ1v) is 12.6. The Hall–Kier alpha value is -2.81. The molecule has 2 aromatic rings. The molecule has 1 aliphatic carbocycles. The zero-order chi connectivity index (χ0) is 24.9. The lowest BCUT2D eigenvalue weighted by molar-refractivity contribution is -0.128. The van der Waals surface area contributed by atoms with E-state index in [0.717, 1.165) is 31.5 Å². The molecule has 0 unspecified atom stereocenters. The number of hydrogen-bond donors (Lipinski definition) is 2. The number of amides is 2. The molecule has 1 aliphatic heterocycles. The van der Waals surface area contributed by atoms with Gasteiger partial charge in [-0.05, 0) is 37.3 Å². The molecule has 0 radical (unpaired) electrons. The number of hydrogen-bond acceptors (Lipinski definition) is 5. The Kier molecular flexibility index (Phi) is 8.15. The summed E-state index contributed by atoms with van der Waals surface area (Å²) in [4.78, 5) is 28.5. The number of carbonyl (C=O) groups is 2. The Morgan fingerprint density at radius 2 is 1.91 bits per heavy atom. The molecule has 1 aromatic heterocycles. The third-order valence-corrected chi connectivity index (χ3v) is 7.01. The van der Waals surface area contributed by atoms with Crippen LogP contribution in [0.5, 0.6) is 0 Å². The van der Waals surface area contributed by atoms with Crippen LogP contribution in [-0.4, -0.2) is 53.6 Å². The van der Waals surface area contributed by atoms with Gasteiger partial charge in [-0.25, -0.2) is 8.78 Å².